The molecule has 35 heavy (non-hydrogen) atoms. The van der Waals surface area contributed by atoms with Gasteiger partial charge in [-0.3, -0.25) is 14.4 Å². The molecule has 0 unspecified atom stereocenters. The summed E-state index contributed by atoms with van der Waals surface area (Å²) in [6.07, 6.45) is 1.37. The number of piperidine rings is 1. The van der Waals surface area contributed by atoms with Crippen molar-refractivity contribution in [1.82, 2.24) is 4.90 Å². The molecule has 1 fully saturated rings. The van der Waals surface area contributed by atoms with Gasteiger partial charge in [0.25, 0.3) is 10.0 Å². The van der Waals surface area contributed by atoms with Crippen LogP contribution in [0.2, 0.25) is 0 Å². The largest absolute Gasteiger partial charge is 0.326 e. The van der Waals surface area contributed by atoms with Crippen molar-refractivity contribution in [2.45, 2.75) is 38.1 Å². The van der Waals surface area contributed by atoms with Crippen LogP contribution in [0.15, 0.2) is 71.6 Å². The summed E-state index contributed by atoms with van der Waals surface area (Å²) in [5.41, 5.74) is 3.65. The second-order valence-electron chi connectivity index (χ2n) is 9.08. The lowest BCUT2D eigenvalue weighted by molar-refractivity contribution is -0.121. The molecule has 0 spiro atoms. The van der Waals surface area contributed by atoms with Crippen LogP contribution in [0.3, 0.4) is 0 Å². The number of hydrogen-bond acceptors (Lipinski definition) is 4. The van der Waals surface area contributed by atoms with Gasteiger partial charge in [0.1, 0.15) is 5.82 Å². The normalized spacial score (nSPS) is 15.1. The third-order valence-electron chi connectivity index (χ3n) is 6.37. The highest BCUT2D eigenvalue weighted by molar-refractivity contribution is 7.92. The maximum absolute atomic E-state index is 13.9. The zero-order chi connectivity index (χ0) is 25.0. The van der Waals surface area contributed by atoms with Crippen LogP contribution in [-0.4, -0.2) is 32.3 Å². The number of rotatable bonds is 7. The molecule has 184 valence electrons. The number of carbonyl (C=O) groups excluding carboxylic acids is 1. The second kappa shape index (κ2) is 10.6. The van der Waals surface area contributed by atoms with Crippen molar-refractivity contribution in [3.05, 3.63) is 89.2 Å². The Labute approximate surface area is 206 Å². The van der Waals surface area contributed by atoms with E-state index in [2.05, 4.69) is 14.9 Å². The van der Waals surface area contributed by atoms with Crippen molar-refractivity contribution in [2.24, 2.45) is 5.92 Å². The first-order valence-electron chi connectivity index (χ1n) is 11.7. The van der Waals surface area contributed by atoms with Gasteiger partial charge in [0.05, 0.1) is 10.6 Å². The van der Waals surface area contributed by atoms with Gasteiger partial charge < -0.3 is 5.32 Å². The van der Waals surface area contributed by atoms with Gasteiger partial charge in [-0.05, 0) is 81.7 Å². The summed E-state index contributed by atoms with van der Waals surface area (Å²) in [5.74, 6) is -0.428. The van der Waals surface area contributed by atoms with Crippen molar-refractivity contribution < 1.29 is 17.6 Å². The number of hydrogen-bond donors (Lipinski definition) is 2. The number of likely N-dealkylation sites (tertiary alicyclic amines) is 1. The topological polar surface area (TPSA) is 78.5 Å². The van der Waals surface area contributed by atoms with E-state index < -0.39 is 10.0 Å². The van der Waals surface area contributed by atoms with Gasteiger partial charge in [-0.2, -0.15) is 0 Å². The maximum atomic E-state index is 13.9. The third kappa shape index (κ3) is 6.26. The minimum Gasteiger partial charge on any atom is -0.326 e. The van der Waals surface area contributed by atoms with Gasteiger partial charge in [-0.1, -0.05) is 35.9 Å². The molecule has 1 saturated heterocycles. The van der Waals surface area contributed by atoms with E-state index in [9.17, 15) is 17.6 Å². The molecule has 1 aliphatic rings. The summed E-state index contributed by atoms with van der Waals surface area (Å²) in [6.45, 7) is 5.77. The smallest absolute Gasteiger partial charge is 0.261 e. The second-order valence-corrected chi connectivity index (χ2v) is 10.8. The fraction of sp³-hybridized carbons (Fsp3) is 0.296. The zero-order valence-corrected chi connectivity index (χ0v) is 20.7. The molecule has 3 aromatic rings. The molecule has 0 atom stereocenters. The van der Waals surface area contributed by atoms with E-state index in [1.165, 1.54) is 18.2 Å². The number of carbonyl (C=O) groups is 1. The third-order valence-corrected chi connectivity index (χ3v) is 7.75. The number of nitrogens with zero attached hydrogens (tertiary/aromatic N) is 1. The van der Waals surface area contributed by atoms with E-state index in [4.69, 9.17) is 0 Å². The first-order valence-corrected chi connectivity index (χ1v) is 13.2. The molecule has 6 nitrogen and oxygen atoms in total. The predicted molar refractivity (Wildman–Crippen MR) is 136 cm³/mol. The van der Waals surface area contributed by atoms with Crippen LogP contribution in [0.1, 0.15) is 29.5 Å². The number of amides is 1. The zero-order valence-electron chi connectivity index (χ0n) is 19.9. The lowest BCUT2D eigenvalue weighted by Crippen LogP contribution is -2.37. The quantitative estimate of drug-likeness (QED) is 0.478. The Bertz CT molecular complexity index is 1300. The molecule has 1 heterocycles. The average Bonchev–Trinajstić information content (AvgIpc) is 2.83. The van der Waals surface area contributed by atoms with Crippen molar-refractivity contribution in [2.75, 3.05) is 23.1 Å². The van der Waals surface area contributed by atoms with E-state index >= 15 is 0 Å². The summed E-state index contributed by atoms with van der Waals surface area (Å²) < 4.78 is 42.1. The van der Waals surface area contributed by atoms with Gasteiger partial charge in [0.2, 0.25) is 5.91 Å². The molecule has 0 aromatic heterocycles. The molecule has 0 radical (unpaired) electrons. The minimum absolute atomic E-state index is 0.0837. The number of halogens is 1. The minimum atomic E-state index is -3.74. The van der Waals surface area contributed by atoms with E-state index in [1.807, 2.05) is 32.0 Å². The Balaban J connectivity index is 1.31. The van der Waals surface area contributed by atoms with Crippen molar-refractivity contribution in [3.8, 4) is 0 Å². The van der Waals surface area contributed by atoms with E-state index in [1.54, 1.807) is 30.3 Å². The number of nitrogens with one attached hydrogen (secondary N) is 2. The SMILES string of the molecule is Cc1ccc(NS(=O)(=O)c2ccc(NC(=O)C3CCN(Cc4ccccc4F)CC3)cc2)c(C)c1. The van der Waals surface area contributed by atoms with Crippen LogP contribution in [0, 0.1) is 25.6 Å². The molecule has 2 N–H and O–H groups in total. The van der Waals surface area contributed by atoms with Crippen LogP contribution in [0.4, 0.5) is 15.8 Å². The first kappa shape index (κ1) is 24.9. The van der Waals surface area contributed by atoms with Gasteiger partial charge in [-0.25, -0.2) is 12.8 Å². The van der Waals surface area contributed by atoms with Crippen LogP contribution >= 0.6 is 0 Å². The summed E-state index contributed by atoms with van der Waals surface area (Å²) in [6, 6.07) is 18.4. The average molecular weight is 496 g/mol. The Morgan fingerprint density at radius 2 is 1.69 bits per heavy atom. The Morgan fingerprint density at radius 1 is 1.00 bits per heavy atom. The number of sulfonamides is 1. The standard InChI is InChI=1S/C27H30FN3O3S/c1-19-7-12-26(20(2)17-19)30-35(33,34)24-10-8-23(9-11-24)29-27(32)21-13-15-31(16-14-21)18-22-5-3-4-6-25(22)28/h3-12,17,21,30H,13-16,18H2,1-2H3,(H,29,32). The molecular weight excluding hydrogens is 465 g/mol. The lowest BCUT2D eigenvalue weighted by atomic mass is 9.95. The first-order chi connectivity index (χ1) is 16.7. The molecular formula is C27H30FN3O3S. The maximum Gasteiger partial charge on any atom is 0.261 e. The molecule has 4 rings (SSSR count). The highest BCUT2D eigenvalue weighted by atomic mass is 32.2. The summed E-state index contributed by atoms with van der Waals surface area (Å²) in [4.78, 5) is 15.0. The highest BCUT2D eigenvalue weighted by Crippen LogP contribution is 2.24. The van der Waals surface area contributed by atoms with Gasteiger partial charge in [0, 0.05) is 23.7 Å². The van der Waals surface area contributed by atoms with Crippen LogP contribution < -0.4 is 10.0 Å². The fourth-order valence-electron chi connectivity index (χ4n) is 4.31. The van der Waals surface area contributed by atoms with Gasteiger partial charge >= 0.3 is 0 Å². The molecule has 1 amide bonds. The summed E-state index contributed by atoms with van der Waals surface area (Å²) in [7, 11) is -3.74. The van der Waals surface area contributed by atoms with Gasteiger partial charge in [0.15, 0.2) is 0 Å². The Morgan fingerprint density at radius 3 is 2.34 bits per heavy atom. The van der Waals surface area contributed by atoms with E-state index in [0.29, 0.717) is 49.4 Å². The lowest BCUT2D eigenvalue weighted by Gasteiger charge is -2.31. The molecule has 0 saturated carbocycles. The van der Waals surface area contributed by atoms with Crippen molar-refractivity contribution >= 4 is 27.3 Å². The van der Waals surface area contributed by atoms with E-state index in [0.717, 1.165) is 11.1 Å². The summed E-state index contributed by atoms with van der Waals surface area (Å²) >= 11 is 0. The van der Waals surface area contributed by atoms with Crippen LogP contribution in [-0.2, 0) is 21.4 Å². The predicted octanol–water partition coefficient (Wildman–Crippen LogP) is 5.09. The monoisotopic (exact) mass is 495 g/mol. The molecule has 0 aliphatic carbocycles. The molecule has 1 aliphatic heterocycles. The van der Waals surface area contributed by atoms with Gasteiger partial charge in [-0.15, -0.1) is 0 Å². The van der Waals surface area contributed by atoms with Crippen molar-refractivity contribution in [3.63, 3.8) is 0 Å². The van der Waals surface area contributed by atoms with Crippen LogP contribution in [0.25, 0.3) is 0 Å². The Kier molecular flexibility index (Phi) is 7.52. The summed E-state index contributed by atoms with van der Waals surface area (Å²) in [5, 5.41) is 2.90. The number of benzene rings is 3. The molecule has 8 heteroatoms. The van der Waals surface area contributed by atoms with Crippen molar-refractivity contribution in [1.29, 1.82) is 0 Å². The molecule has 3 aromatic carbocycles. The fourth-order valence-corrected chi connectivity index (χ4v) is 5.45. The highest BCUT2D eigenvalue weighted by Gasteiger charge is 2.25. The number of aryl methyl sites for hydroxylation is 2. The molecule has 0 bridgehead atoms. The van der Waals surface area contributed by atoms with E-state index in [-0.39, 0.29) is 22.5 Å². The number of anilines is 2. The Hall–Kier alpha value is -3.23. The van der Waals surface area contributed by atoms with Crippen LogP contribution in [0.5, 0.6) is 0 Å².